The van der Waals surface area contributed by atoms with Crippen molar-refractivity contribution in [3.8, 4) is 0 Å². The van der Waals surface area contributed by atoms with E-state index in [9.17, 15) is 0 Å². The lowest BCUT2D eigenvalue weighted by molar-refractivity contribution is 0.156. The van der Waals surface area contributed by atoms with Crippen LogP contribution < -0.4 is 5.32 Å². The number of nitrogens with one attached hydrogen (secondary N) is 1. The van der Waals surface area contributed by atoms with Gasteiger partial charge in [0.05, 0.1) is 0 Å². The number of hydrogen-bond donors (Lipinski definition) is 1. The van der Waals surface area contributed by atoms with Crippen LogP contribution in [0.3, 0.4) is 0 Å². The minimum atomic E-state index is 0.766. The molecule has 118 valence electrons. The second kappa shape index (κ2) is 7.75. The quantitative estimate of drug-likeness (QED) is 0.771. The maximum absolute atomic E-state index is 3.82. The summed E-state index contributed by atoms with van der Waals surface area (Å²) in [4.78, 5) is 2.78. The second-order valence-corrected chi connectivity index (χ2v) is 7.68. The van der Waals surface area contributed by atoms with Crippen LogP contribution in [0.25, 0.3) is 0 Å². The van der Waals surface area contributed by atoms with Gasteiger partial charge in [0.25, 0.3) is 0 Å². The van der Waals surface area contributed by atoms with E-state index in [-0.39, 0.29) is 0 Å². The molecule has 3 rings (SSSR count). The molecule has 1 aromatic heterocycles. The molecule has 2 aliphatic rings. The summed E-state index contributed by atoms with van der Waals surface area (Å²) in [6.07, 6.45) is 9.77. The van der Waals surface area contributed by atoms with Gasteiger partial charge in [0, 0.05) is 25.2 Å². The topological polar surface area (TPSA) is 15.3 Å². The van der Waals surface area contributed by atoms with E-state index in [2.05, 4.69) is 34.0 Å². The number of rotatable bonds is 8. The molecule has 0 amide bonds. The monoisotopic (exact) mass is 306 g/mol. The van der Waals surface area contributed by atoms with Crippen LogP contribution in [0, 0.1) is 5.92 Å². The summed E-state index contributed by atoms with van der Waals surface area (Å²) in [5.74, 6) is 0.865. The number of hydrogen-bond acceptors (Lipinski definition) is 3. The van der Waals surface area contributed by atoms with Crippen molar-refractivity contribution in [3.05, 3.63) is 22.4 Å². The molecule has 1 N–H and O–H groups in total. The molecular formula is C18H30N2S. The van der Waals surface area contributed by atoms with Gasteiger partial charge in [-0.2, -0.15) is 11.3 Å². The maximum atomic E-state index is 3.82. The zero-order valence-electron chi connectivity index (χ0n) is 13.4. The van der Waals surface area contributed by atoms with Crippen molar-refractivity contribution in [1.82, 2.24) is 10.2 Å². The fourth-order valence-corrected chi connectivity index (χ4v) is 4.39. The molecule has 0 spiro atoms. The van der Waals surface area contributed by atoms with Crippen molar-refractivity contribution < 1.29 is 0 Å². The minimum absolute atomic E-state index is 0.766. The van der Waals surface area contributed by atoms with Gasteiger partial charge in [-0.25, -0.2) is 0 Å². The van der Waals surface area contributed by atoms with E-state index in [4.69, 9.17) is 0 Å². The second-order valence-electron chi connectivity index (χ2n) is 6.90. The first-order valence-corrected chi connectivity index (χ1v) is 9.79. The molecule has 0 radical (unpaired) electrons. The summed E-state index contributed by atoms with van der Waals surface area (Å²) in [6, 6.07) is 3.94. The van der Waals surface area contributed by atoms with Crippen molar-refractivity contribution in [2.45, 2.75) is 70.5 Å². The zero-order valence-corrected chi connectivity index (χ0v) is 14.2. The third-order valence-corrected chi connectivity index (χ3v) is 5.80. The van der Waals surface area contributed by atoms with E-state index in [1.165, 1.54) is 70.1 Å². The third kappa shape index (κ3) is 4.54. The lowest BCUT2D eigenvalue weighted by atomic mass is 9.84. The minimum Gasteiger partial charge on any atom is -0.314 e. The Kier molecular flexibility index (Phi) is 5.73. The summed E-state index contributed by atoms with van der Waals surface area (Å²) in [5, 5.41) is 8.36. The SMILES string of the molecule is CCCNC1CCCCC1CN(Cc1ccsc1)C1CC1. The molecule has 0 aromatic carbocycles. The Bertz CT molecular complexity index is 399. The molecule has 2 unspecified atom stereocenters. The van der Waals surface area contributed by atoms with Crippen molar-refractivity contribution in [1.29, 1.82) is 0 Å². The van der Waals surface area contributed by atoms with Crippen molar-refractivity contribution in [2.24, 2.45) is 5.92 Å². The van der Waals surface area contributed by atoms with Crippen molar-refractivity contribution in [3.63, 3.8) is 0 Å². The Balaban J connectivity index is 1.57. The molecule has 3 heteroatoms. The summed E-state index contributed by atoms with van der Waals surface area (Å²) >= 11 is 1.83. The summed E-state index contributed by atoms with van der Waals surface area (Å²) in [5.41, 5.74) is 1.51. The molecule has 0 saturated heterocycles. The van der Waals surface area contributed by atoms with E-state index in [1.54, 1.807) is 0 Å². The van der Waals surface area contributed by atoms with Crippen molar-refractivity contribution >= 4 is 11.3 Å². The van der Waals surface area contributed by atoms with Crippen LogP contribution in [0.2, 0.25) is 0 Å². The molecule has 2 fully saturated rings. The molecule has 2 saturated carbocycles. The van der Waals surface area contributed by atoms with Crippen LogP contribution in [-0.4, -0.2) is 30.1 Å². The predicted molar refractivity (Wildman–Crippen MR) is 91.8 cm³/mol. The van der Waals surface area contributed by atoms with E-state index in [0.29, 0.717) is 0 Å². The average Bonchev–Trinajstić information content (AvgIpc) is 3.23. The Morgan fingerprint density at radius 2 is 2.10 bits per heavy atom. The summed E-state index contributed by atoms with van der Waals surface area (Å²) < 4.78 is 0. The van der Waals surface area contributed by atoms with Gasteiger partial charge in [-0.15, -0.1) is 0 Å². The van der Waals surface area contributed by atoms with Gasteiger partial charge in [-0.3, -0.25) is 4.90 Å². The smallest absolute Gasteiger partial charge is 0.0245 e. The van der Waals surface area contributed by atoms with Gasteiger partial charge in [0.2, 0.25) is 0 Å². The van der Waals surface area contributed by atoms with Gasteiger partial charge in [-0.05, 0) is 67.0 Å². The Morgan fingerprint density at radius 3 is 2.81 bits per heavy atom. The van der Waals surface area contributed by atoms with Crippen LogP contribution in [-0.2, 0) is 6.54 Å². The normalized spacial score (nSPS) is 26.4. The summed E-state index contributed by atoms with van der Waals surface area (Å²) in [7, 11) is 0. The number of nitrogens with zero attached hydrogens (tertiary/aromatic N) is 1. The Labute approximate surface area is 133 Å². The van der Waals surface area contributed by atoms with Crippen molar-refractivity contribution in [2.75, 3.05) is 13.1 Å². The molecule has 21 heavy (non-hydrogen) atoms. The molecule has 0 bridgehead atoms. The van der Waals surface area contributed by atoms with Crippen LogP contribution in [0.1, 0.15) is 57.4 Å². The number of thiophene rings is 1. The predicted octanol–water partition coefficient (Wildman–Crippen LogP) is 4.27. The van der Waals surface area contributed by atoms with Crippen LogP contribution in [0.15, 0.2) is 16.8 Å². The Hall–Kier alpha value is -0.380. The largest absolute Gasteiger partial charge is 0.314 e. The fraction of sp³-hybridized carbons (Fsp3) is 0.778. The first-order valence-electron chi connectivity index (χ1n) is 8.85. The third-order valence-electron chi connectivity index (χ3n) is 5.06. The maximum Gasteiger partial charge on any atom is 0.0245 e. The van der Waals surface area contributed by atoms with E-state index in [0.717, 1.165) is 18.0 Å². The summed E-state index contributed by atoms with van der Waals surface area (Å²) in [6.45, 7) is 5.94. The molecule has 2 nitrogen and oxygen atoms in total. The van der Waals surface area contributed by atoms with E-state index < -0.39 is 0 Å². The lowest BCUT2D eigenvalue weighted by Crippen LogP contribution is -2.44. The van der Waals surface area contributed by atoms with Gasteiger partial charge in [-0.1, -0.05) is 19.8 Å². The molecular weight excluding hydrogens is 276 g/mol. The van der Waals surface area contributed by atoms with Gasteiger partial charge >= 0.3 is 0 Å². The van der Waals surface area contributed by atoms with Gasteiger partial charge in [0.1, 0.15) is 0 Å². The van der Waals surface area contributed by atoms with Crippen LogP contribution >= 0.6 is 11.3 Å². The highest BCUT2D eigenvalue weighted by Crippen LogP contribution is 2.32. The van der Waals surface area contributed by atoms with Crippen LogP contribution in [0.4, 0.5) is 0 Å². The highest BCUT2D eigenvalue weighted by Gasteiger charge is 2.33. The first kappa shape index (κ1) is 15.5. The average molecular weight is 307 g/mol. The van der Waals surface area contributed by atoms with Gasteiger partial charge in [0.15, 0.2) is 0 Å². The first-order chi connectivity index (χ1) is 10.4. The molecule has 1 heterocycles. The Morgan fingerprint density at radius 1 is 1.24 bits per heavy atom. The molecule has 2 aliphatic carbocycles. The molecule has 1 aromatic rings. The highest BCUT2D eigenvalue weighted by molar-refractivity contribution is 7.07. The zero-order chi connectivity index (χ0) is 14.5. The van der Waals surface area contributed by atoms with Crippen LogP contribution in [0.5, 0.6) is 0 Å². The van der Waals surface area contributed by atoms with E-state index in [1.807, 2.05) is 11.3 Å². The molecule has 0 aliphatic heterocycles. The van der Waals surface area contributed by atoms with E-state index >= 15 is 0 Å². The highest BCUT2D eigenvalue weighted by atomic mass is 32.1. The standard InChI is InChI=1S/C18H30N2S/c1-2-10-19-18-6-4-3-5-16(18)13-20(17-7-8-17)12-15-9-11-21-14-15/h9,11,14,16-19H,2-8,10,12-13H2,1H3. The van der Waals surface area contributed by atoms with Gasteiger partial charge < -0.3 is 5.32 Å². The lowest BCUT2D eigenvalue weighted by Gasteiger charge is -2.36. The molecule has 2 atom stereocenters. The fourth-order valence-electron chi connectivity index (χ4n) is 3.73.